The number of hydrogen-bond donors (Lipinski definition) is 0. The van der Waals surface area contributed by atoms with Gasteiger partial charge in [0.1, 0.15) is 0 Å². The van der Waals surface area contributed by atoms with Crippen LogP contribution in [0, 0.1) is 0 Å². The molecule has 2 rings (SSSR count). The van der Waals surface area contributed by atoms with E-state index in [0.717, 1.165) is 24.2 Å². The zero-order chi connectivity index (χ0) is 15.9. The van der Waals surface area contributed by atoms with Crippen LogP contribution >= 0.6 is 0 Å². The van der Waals surface area contributed by atoms with E-state index in [0.29, 0.717) is 0 Å². The molecule has 4 heteroatoms. The van der Waals surface area contributed by atoms with E-state index >= 15 is 0 Å². The summed E-state index contributed by atoms with van der Waals surface area (Å²) in [6.07, 6.45) is 11.9. The van der Waals surface area contributed by atoms with Gasteiger partial charge in [0, 0.05) is 12.1 Å². The standard InChI is InChI=1S/C18H40N2Si2/c1-15(2)19(17-9-5-6-10-17)21-13-14-22-20(16(3)4)18-11-7-8-12-18/h15-18H,5-14,21-22H2,1-4H3. The molecule has 0 aromatic heterocycles. The minimum absolute atomic E-state index is 0.000737. The summed E-state index contributed by atoms with van der Waals surface area (Å²) in [6, 6.07) is 6.68. The first kappa shape index (κ1) is 18.7. The first-order valence-corrected chi connectivity index (χ1v) is 13.4. The van der Waals surface area contributed by atoms with Crippen molar-refractivity contribution in [1.29, 1.82) is 0 Å². The molecule has 0 unspecified atom stereocenters. The van der Waals surface area contributed by atoms with Crippen LogP contribution < -0.4 is 0 Å². The third kappa shape index (κ3) is 5.46. The highest BCUT2D eigenvalue weighted by Crippen LogP contribution is 2.26. The molecule has 0 atom stereocenters. The zero-order valence-corrected chi connectivity index (χ0v) is 18.5. The summed E-state index contributed by atoms with van der Waals surface area (Å²) in [7, 11) is 0.00147. The molecule has 0 aliphatic heterocycles. The molecule has 2 nitrogen and oxygen atoms in total. The van der Waals surface area contributed by atoms with Gasteiger partial charge in [-0.05, 0) is 37.8 Å². The van der Waals surface area contributed by atoms with Crippen molar-refractivity contribution in [2.24, 2.45) is 0 Å². The van der Waals surface area contributed by atoms with Crippen molar-refractivity contribution in [2.45, 2.75) is 115 Å². The molecule has 0 saturated heterocycles. The Kier molecular flexibility index (Phi) is 8.16. The molecule has 0 N–H and O–H groups in total. The van der Waals surface area contributed by atoms with Crippen LogP contribution in [-0.4, -0.2) is 52.7 Å². The third-order valence-electron chi connectivity index (χ3n) is 6.00. The van der Waals surface area contributed by atoms with Gasteiger partial charge >= 0.3 is 0 Å². The van der Waals surface area contributed by atoms with E-state index in [1.807, 2.05) is 0 Å². The van der Waals surface area contributed by atoms with Crippen LogP contribution in [0.2, 0.25) is 12.1 Å². The van der Waals surface area contributed by atoms with Gasteiger partial charge < -0.3 is 9.13 Å². The Hall–Kier alpha value is 0.354. The molecule has 2 fully saturated rings. The first-order chi connectivity index (χ1) is 10.6. The van der Waals surface area contributed by atoms with E-state index in [1.54, 1.807) is 12.1 Å². The molecule has 0 spiro atoms. The Morgan fingerprint density at radius 3 is 1.27 bits per heavy atom. The predicted molar refractivity (Wildman–Crippen MR) is 105 cm³/mol. The fourth-order valence-corrected chi connectivity index (χ4v) is 9.80. The molecule has 0 aromatic carbocycles. The average molecular weight is 341 g/mol. The van der Waals surface area contributed by atoms with Crippen molar-refractivity contribution in [1.82, 2.24) is 9.13 Å². The van der Waals surface area contributed by atoms with Crippen LogP contribution in [0.5, 0.6) is 0 Å². The maximum absolute atomic E-state index is 2.96. The number of rotatable bonds is 9. The van der Waals surface area contributed by atoms with Crippen LogP contribution in [-0.2, 0) is 0 Å². The molecule has 0 amide bonds. The molecule has 0 heterocycles. The molecule has 0 bridgehead atoms. The first-order valence-electron chi connectivity index (χ1n) is 10.1. The Morgan fingerprint density at radius 2 is 1.00 bits per heavy atom. The van der Waals surface area contributed by atoms with Gasteiger partial charge in [-0.2, -0.15) is 0 Å². The molecule has 2 saturated carbocycles. The second kappa shape index (κ2) is 9.60. The highest BCUT2D eigenvalue weighted by Gasteiger charge is 2.26. The summed E-state index contributed by atoms with van der Waals surface area (Å²) >= 11 is 0. The van der Waals surface area contributed by atoms with E-state index in [2.05, 4.69) is 36.8 Å². The summed E-state index contributed by atoms with van der Waals surface area (Å²) in [5.41, 5.74) is 0. The smallest absolute Gasteiger partial charge is 0.0954 e. The normalized spacial score (nSPS) is 22.4. The highest BCUT2D eigenvalue weighted by atomic mass is 28.2. The minimum atomic E-state index is 0.000737. The second-order valence-corrected chi connectivity index (χ2v) is 12.0. The quantitative estimate of drug-likeness (QED) is 0.469. The Labute approximate surface area is 144 Å². The molecular weight excluding hydrogens is 300 g/mol. The van der Waals surface area contributed by atoms with Gasteiger partial charge in [-0.15, -0.1) is 0 Å². The van der Waals surface area contributed by atoms with Crippen LogP contribution in [0.3, 0.4) is 0 Å². The van der Waals surface area contributed by atoms with E-state index in [1.165, 1.54) is 51.4 Å². The Bertz CT molecular complexity index is 267. The van der Waals surface area contributed by atoms with E-state index in [-0.39, 0.29) is 19.4 Å². The molecule has 2 aliphatic rings. The monoisotopic (exact) mass is 340 g/mol. The fraction of sp³-hybridized carbons (Fsp3) is 1.00. The van der Waals surface area contributed by atoms with Crippen molar-refractivity contribution >= 4 is 19.4 Å². The van der Waals surface area contributed by atoms with E-state index in [4.69, 9.17) is 0 Å². The molecule has 0 radical (unpaired) electrons. The summed E-state index contributed by atoms with van der Waals surface area (Å²) < 4.78 is 5.91. The molecule has 0 aromatic rings. The van der Waals surface area contributed by atoms with E-state index in [9.17, 15) is 0 Å². The summed E-state index contributed by atoms with van der Waals surface area (Å²) in [4.78, 5) is 0. The lowest BCUT2D eigenvalue weighted by atomic mass is 10.2. The average Bonchev–Trinajstić information content (AvgIpc) is 3.14. The molecule has 130 valence electrons. The summed E-state index contributed by atoms with van der Waals surface area (Å²) in [6.45, 7) is 9.73. The molecule has 2 aliphatic carbocycles. The maximum atomic E-state index is 2.96. The van der Waals surface area contributed by atoms with Crippen LogP contribution in [0.25, 0.3) is 0 Å². The third-order valence-corrected chi connectivity index (χ3v) is 12.2. The highest BCUT2D eigenvalue weighted by molar-refractivity contribution is 6.39. The lowest BCUT2D eigenvalue weighted by molar-refractivity contribution is 0.278. The maximum Gasteiger partial charge on any atom is 0.0954 e. The largest absolute Gasteiger partial charge is 0.324 e. The van der Waals surface area contributed by atoms with Crippen LogP contribution in [0.15, 0.2) is 0 Å². The van der Waals surface area contributed by atoms with Gasteiger partial charge in [0.15, 0.2) is 0 Å². The molecular formula is C18H40N2Si2. The van der Waals surface area contributed by atoms with Crippen molar-refractivity contribution in [3.63, 3.8) is 0 Å². The number of nitrogens with zero attached hydrogens (tertiary/aromatic N) is 2. The van der Waals surface area contributed by atoms with Gasteiger partial charge in [-0.1, -0.05) is 65.5 Å². The SMILES string of the molecule is CC(C)N([SiH2]CC[SiH2]N(C(C)C)C1CCCC1)C1CCCC1. The van der Waals surface area contributed by atoms with Crippen molar-refractivity contribution in [3.8, 4) is 0 Å². The van der Waals surface area contributed by atoms with Crippen molar-refractivity contribution in [3.05, 3.63) is 0 Å². The lowest BCUT2D eigenvalue weighted by Crippen LogP contribution is -2.43. The van der Waals surface area contributed by atoms with Gasteiger partial charge in [0.05, 0.1) is 19.4 Å². The Balaban J connectivity index is 1.71. The second-order valence-electron chi connectivity index (χ2n) is 8.25. The van der Waals surface area contributed by atoms with Crippen molar-refractivity contribution in [2.75, 3.05) is 0 Å². The Morgan fingerprint density at radius 1 is 0.682 bits per heavy atom. The number of hydrogen-bond acceptors (Lipinski definition) is 2. The van der Waals surface area contributed by atoms with Gasteiger partial charge in [0.25, 0.3) is 0 Å². The fourth-order valence-electron chi connectivity index (χ4n) is 4.79. The summed E-state index contributed by atoms with van der Waals surface area (Å²) in [5.74, 6) is 0. The zero-order valence-electron chi connectivity index (χ0n) is 15.7. The van der Waals surface area contributed by atoms with E-state index < -0.39 is 0 Å². The van der Waals surface area contributed by atoms with Crippen LogP contribution in [0.1, 0.15) is 79.1 Å². The molecule has 22 heavy (non-hydrogen) atoms. The van der Waals surface area contributed by atoms with Gasteiger partial charge in [0.2, 0.25) is 0 Å². The minimum Gasteiger partial charge on any atom is -0.324 e. The predicted octanol–water partition coefficient (Wildman–Crippen LogP) is 3.30. The van der Waals surface area contributed by atoms with Gasteiger partial charge in [-0.3, -0.25) is 0 Å². The summed E-state index contributed by atoms with van der Waals surface area (Å²) in [5, 5.41) is 0. The van der Waals surface area contributed by atoms with Crippen LogP contribution in [0.4, 0.5) is 0 Å². The van der Waals surface area contributed by atoms with Gasteiger partial charge in [-0.25, -0.2) is 0 Å². The topological polar surface area (TPSA) is 6.48 Å². The lowest BCUT2D eigenvalue weighted by Gasteiger charge is -2.34. The van der Waals surface area contributed by atoms with Crippen molar-refractivity contribution < 1.29 is 0 Å².